The average Bonchev–Trinajstić information content (AvgIpc) is 3.07. The van der Waals surface area contributed by atoms with Crippen LogP contribution in [0, 0.1) is 0 Å². The number of fused-ring (bicyclic) bond motifs is 1. The van der Waals surface area contributed by atoms with Gasteiger partial charge in [0.1, 0.15) is 29.8 Å². The van der Waals surface area contributed by atoms with Crippen molar-refractivity contribution in [1.29, 1.82) is 0 Å². The van der Waals surface area contributed by atoms with E-state index in [9.17, 15) is 13.2 Å². The third kappa shape index (κ3) is 4.92. The van der Waals surface area contributed by atoms with E-state index in [1.54, 1.807) is 36.4 Å². The molecule has 0 saturated heterocycles. The van der Waals surface area contributed by atoms with Crippen LogP contribution in [-0.4, -0.2) is 19.9 Å². The number of aromatic amines is 1. The Hall–Kier alpha value is -3.82. The Labute approximate surface area is 163 Å². The molecule has 0 amide bonds. The highest BCUT2D eigenvalue weighted by Gasteiger charge is 2.35. The Morgan fingerprint density at radius 3 is 2.66 bits per heavy atom. The molecule has 0 bridgehead atoms. The van der Waals surface area contributed by atoms with Gasteiger partial charge in [-0.2, -0.15) is 18.2 Å². The number of nitrogens with one attached hydrogen (secondary N) is 1. The summed E-state index contributed by atoms with van der Waals surface area (Å²) in [5, 5.41) is 0. The topological polar surface area (TPSA) is 98.9 Å². The fraction of sp³-hybridized carbons (Fsp3) is 0.105. The lowest BCUT2D eigenvalue weighted by Crippen LogP contribution is -2.13. The zero-order chi connectivity index (χ0) is 21.0. The summed E-state index contributed by atoms with van der Waals surface area (Å²) >= 11 is 0. The number of benzene rings is 1. The van der Waals surface area contributed by atoms with E-state index in [0.29, 0.717) is 28.4 Å². The second kappa shape index (κ2) is 8.05. The summed E-state index contributed by atoms with van der Waals surface area (Å²) in [6.45, 7) is 7.11. The van der Waals surface area contributed by atoms with Gasteiger partial charge < -0.3 is 20.2 Å². The standard InChI is InChI=1S/C19H16F3N5O2/c1-3-5-11(4-2)29-12-6-7-13-14(8-12)25-16(24-13)10-28-17-9-15(23)26-18(27-17)19(20,21)22/h3-9H,1-2,10H2,(H,24,25)(H2,23,26,27)/b11-5+. The molecule has 0 aliphatic rings. The van der Waals surface area contributed by atoms with Crippen LogP contribution < -0.4 is 15.2 Å². The van der Waals surface area contributed by atoms with E-state index in [2.05, 4.69) is 33.1 Å². The van der Waals surface area contributed by atoms with E-state index in [1.165, 1.54) is 0 Å². The third-order valence-electron chi connectivity index (χ3n) is 3.55. The molecule has 29 heavy (non-hydrogen) atoms. The number of rotatable bonds is 7. The number of anilines is 1. The molecule has 0 aliphatic carbocycles. The molecule has 7 nitrogen and oxygen atoms in total. The molecule has 0 aliphatic heterocycles. The van der Waals surface area contributed by atoms with Gasteiger partial charge in [-0.25, -0.2) is 9.97 Å². The number of allylic oxidation sites excluding steroid dienone is 3. The number of ether oxygens (including phenoxy) is 2. The van der Waals surface area contributed by atoms with Crippen LogP contribution in [-0.2, 0) is 12.8 Å². The largest absolute Gasteiger partial charge is 0.469 e. The molecule has 0 spiro atoms. The molecule has 150 valence electrons. The number of alkyl halides is 3. The van der Waals surface area contributed by atoms with Crippen molar-refractivity contribution < 1.29 is 22.6 Å². The summed E-state index contributed by atoms with van der Waals surface area (Å²) in [5.41, 5.74) is 6.67. The number of hydrogen-bond donors (Lipinski definition) is 2. The number of H-pyrrole nitrogens is 1. The molecule has 3 rings (SSSR count). The van der Waals surface area contributed by atoms with E-state index < -0.39 is 12.0 Å². The Kier molecular flexibility index (Phi) is 5.53. The zero-order valence-corrected chi connectivity index (χ0v) is 15.0. The first-order chi connectivity index (χ1) is 13.8. The van der Waals surface area contributed by atoms with E-state index >= 15 is 0 Å². The predicted octanol–water partition coefficient (Wildman–Crippen LogP) is 4.17. The zero-order valence-electron chi connectivity index (χ0n) is 15.0. The fourth-order valence-electron chi connectivity index (χ4n) is 2.36. The summed E-state index contributed by atoms with van der Waals surface area (Å²) in [6, 6.07) is 6.27. The summed E-state index contributed by atoms with van der Waals surface area (Å²) < 4.78 is 49.3. The molecule has 0 unspecified atom stereocenters. The van der Waals surface area contributed by atoms with Crippen molar-refractivity contribution in [3.05, 3.63) is 73.1 Å². The normalized spacial score (nSPS) is 12.0. The quantitative estimate of drug-likeness (QED) is 0.454. The lowest BCUT2D eigenvalue weighted by Gasteiger charge is -2.08. The average molecular weight is 403 g/mol. The van der Waals surface area contributed by atoms with Gasteiger partial charge in [0.25, 0.3) is 0 Å². The van der Waals surface area contributed by atoms with E-state index in [0.717, 1.165) is 6.07 Å². The number of nitrogen functional groups attached to an aromatic ring is 1. The third-order valence-corrected chi connectivity index (χ3v) is 3.55. The number of nitrogens with zero attached hydrogens (tertiary/aromatic N) is 3. The van der Waals surface area contributed by atoms with Gasteiger partial charge in [0.15, 0.2) is 0 Å². The van der Waals surface area contributed by atoms with Gasteiger partial charge in [0.2, 0.25) is 11.7 Å². The van der Waals surface area contributed by atoms with Crippen LogP contribution in [0.5, 0.6) is 11.6 Å². The van der Waals surface area contributed by atoms with Crippen LogP contribution in [0.3, 0.4) is 0 Å². The summed E-state index contributed by atoms with van der Waals surface area (Å²) in [5.74, 6) is -0.582. The molecule has 3 N–H and O–H groups in total. The monoisotopic (exact) mass is 403 g/mol. The lowest BCUT2D eigenvalue weighted by molar-refractivity contribution is -0.145. The summed E-state index contributed by atoms with van der Waals surface area (Å²) in [7, 11) is 0. The number of hydrogen-bond acceptors (Lipinski definition) is 6. The first kappa shape index (κ1) is 19.9. The Bertz CT molecular complexity index is 1090. The van der Waals surface area contributed by atoms with Gasteiger partial charge in [-0.15, -0.1) is 0 Å². The van der Waals surface area contributed by atoms with Crippen LogP contribution in [0.25, 0.3) is 11.0 Å². The molecule has 0 radical (unpaired) electrons. The number of nitrogens with two attached hydrogens (primary N) is 1. The molecular weight excluding hydrogens is 387 g/mol. The van der Waals surface area contributed by atoms with Gasteiger partial charge in [-0.3, -0.25) is 0 Å². The second-order valence-corrected chi connectivity index (χ2v) is 5.71. The molecule has 2 aromatic heterocycles. The lowest BCUT2D eigenvalue weighted by atomic mass is 10.3. The minimum Gasteiger partial charge on any atom is -0.469 e. The van der Waals surface area contributed by atoms with E-state index in [4.69, 9.17) is 15.2 Å². The number of halogens is 3. The van der Waals surface area contributed by atoms with Crippen molar-refractivity contribution >= 4 is 16.9 Å². The van der Waals surface area contributed by atoms with Crippen molar-refractivity contribution in [2.45, 2.75) is 12.8 Å². The van der Waals surface area contributed by atoms with Crippen LogP contribution in [0.15, 0.2) is 61.4 Å². The maximum Gasteiger partial charge on any atom is 0.451 e. The van der Waals surface area contributed by atoms with Crippen molar-refractivity contribution in [2.24, 2.45) is 0 Å². The highest BCUT2D eigenvalue weighted by atomic mass is 19.4. The van der Waals surface area contributed by atoms with E-state index in [-0.39, 0.29) is 18.3 Å². The smallest absolute Gasteiger partial charge is 0.451 e. The first-order valence-corrected chi connectivity index (χ1v) is 8.24. The van der Waals surface area contributed by atoms with Gasteiger partial charge in [0.05, 0.1) is 11.0 Å². The molecular formula is C19H16F3N5O2. The molecule has 1 aromatic carbocycles. The maximum absolute atomic E-state index is 12.8. The summed E-state index contributed by atoms with van der Waals surface area (Å²) in [4.78, 5) is 13.8. The fourth-order valence-corrected chi connectivity index (χ4v) is 2.36. The maximum atomic E-state index is 12.8. The van der Waals surface area contributed by atoms with Crippen LogP contribution in [0.2, 0.25) is 0 Å². The second-order valence-electron chi connectivity index (χ2n) is 5.71. The Balaban J connectivity index is 1.76. The highest BCUT2D eigenvalue weighted by Crippen LogP contribution is 2.28. The van der Waals surface area contributed by atoms with Gasteiger partial charge in [-0.05, 0) is 24.3 Å². The number of aromatic nitrogens is 4. The summed E-state index contributed by atoms with van der Waals surface area (Å²) in [6.07, 6.45) is 0.0473. The number of imidazole rings is 1. The van der Waals surface area contributed by atoms with E-state index in [1.807, 2.05) is 0 Å². The van der Waals surface area contributed by atoms with Gasteiger partial charge in [-0.1, -0.05) is 19.2 Å². The molecule has 0 atom stereocenters. The van der Waals surface area contributed by atoms with Gasteiger partial charge >= 0.3 is 6.18 Å². The minimum absolute atomic E-state index is 0.146. The first-order valence-electron chi connectivity index (χ1n) is 8.24. The van der Waals surface area contributed by atoms with Crippen molar-refractivity contribution in [3.8, 4) is 11.6 Å². The molecule has 0 saturated carbocycles. The Morgan fingerprint density at radius 1 is 1.17 bits per heavy atom. The van der Waals surface area contributed by atoms with Crippen molar-refractivity contribution in [1.82, 2.24) is 19.9 Å². The van der Waals surface area contributed by atoms with Gasteiger partial charge in [0, 0.05) is 12.1 Å². The SMILES string of the molecule is C=C/C=C(\C=C)Oc1ccc2nc(COc3cc(N)nc(C(F)(F)F)n3)[nH]c2c1. The molecule has 10 heteroatoms. The van der Waals surface area contributed by atoms with Crippen molar-refractivity contribution in [3.63, 3.8) is 0 Å². The van der Waals surface area contributed by atoms with Crippen LogP contribution in [0.4, 0.5) is 19.0 Å². The molecule has 2 heterocycles. The van der Waals surface area contributed by atoms with Crippen molar-refractivity contribution in [2.75, 3.05) is 5.73 Å². The van der Waals surface area contributed by atoms with Crippen LogP contribution >= 0.6 is 0 Å². The molecule has 3 aromatic rings. The molecule has 0 fully saturated rings. The predicted molar refractivity (Wildman–Crippen MR) is 101 cm³/mol. The minimum atomic E-state index is -4.73. The highest BCUT2D eigenvalue weighted by molar-refractivity contribution is 5.76. The van der Waals surface area contributed by atoms with Crippen LogP contribution in [0.1, 0.15) is 11.6 Å². The Morgan fingerprint density at radius 2 is 1.97 bits per heavy atom.